The van der Waals surface area contributed by atoms with Crippen molar-refractivity contribution in [3.8, 4) is 11.5 Å². The quantitative estimate of drug-likeness (QED) is 0.608. The molecule has 0 radical (unpaired) electrons. The molecule has 0 bridgehead atoms. The van der Waals surface area contributed by atoms with Gasteiger partial charge in [0.05, 0.1) is 27.4 Å². The Morgan fingerprint density at radius 3 is 2.21 bits per heavy atom. The predicted molar refractivity (Wildman–Crippen MR) is 72.5 cm³/mol. The van der Waals surface area contributed by atoms with Crippen molar-refractivity contribution in [2.45, 2.75) is 0 Å². The third-order valence-electron chi connectivity index (χ3n) is 2.26. The molecule has 0 aliphatic heterocycles. The summed E-state index contributed by atoms with van der Waals surface area (Å²) in [5.41, 5.74) is 2.68. The maximum atomic E-state index is 11.9. The van der Waals surface area contributed by atoms with Gasteiger partial charge in [0.1, 0.15) is 16.0 Å². The van der Waals surface area contributed by atoms with E-state index in [9.17, 15) is 4.79 Å². The number of carbonyl (C=O) groups excluding carboxylic acids is 1. The molecule has 19 heavy (non-hydrogen) atoms. The summed E-state index contributed by atoms with van der Waals surface area (Å²) in [6.45, 7) is 0.667. The van der Waals surface area contributed by atoms with Crippen LogP contribution in [0.1, 0.15) is 10.4 Å². The molecule has 1 N–H and O–H groups in total. The fraction of sp³-hybridized carbons (Fsp3) is 0.417. The van der Waals surface area contributed by atoms with Crippen LogP contribution >= 0.6 is 15.9 Å². The number of hydrogen-bond acceptors (Lipinski definition) is 5. The first-order chi connectivity index (χ1) is 9.13. The fourth-order valence-electron chi connectivity index (χ4n) is 1.30. The topological polar surface area (TPSA) is 66.0 Å². The molecule has 0 saturated heterocycles. The van der Waals surface area contributed by atoms with E-state index in [2.05, 4.69) is 21.4 Å². The molecule has 0 fully saturated rings. The van der Waals surface area contributed by atoms with Crippen molar-refractivity contribution in [1.82, 2.24) is 5.48 Å². The van der Waals surface area contributed by atoms with Crippen molar-refractivity contribution in [3.63, 3.8) is 0 Å². The number of carbonyl (C=O) groups is 1. The molecule has 7 heteroatoms. The van der Waals surface area contributed by atoms with Crippen molar-refractivity contribution in [1.29, 1.82) is 0 Å². The molecule has 0 unspecified atom stereocenters. The van der Waals surface area contributed by atoms with E-state index in [0.29, 0.717) is 28.1 Å². The van der Waals surface area contributed by atoms with E-state index in [-0.39, 0.29) is 12.5 Å². The molecular formula is C12H16BrNO5. The van der Waals surface area contributed by atoms with Crippen LogP contribution in [0.25, 0.3) is 0 Å². The van der Waals surface area contributed by atoms with E-state index in [0.717, 1.165) is 0 Å². The number of ether oxygens (including phenoxy) is 3. The van der Waals surface area contributed by atoms with E-state index in [1.165, 1.54) is 14.2 Å². The lowest BCUT2D eigenvalue weighted by atomic mass is 10.2. The molecular weight excluding hydrogens is 318 g/mol. The Morgan fingerprint density at radius 2 is 1.74 bits per heavy atom. The van der Waals surface area contributed by atoms with E-state index in [1.54, 1.807) is 19.2 Å². The maximum Gasteiger partial charge on any atom is 0.275 e. The summed E-state index contributed by atoms with van der Waals surface area (Å²) in [6, 6.07) is 3.17. The van der Waals surface area contributed by atoms with Gasteiger partial charge in [-0.3, -0.25) is 9.63 Å². The van der Waals surface area contributed by atoms with Gasteiger partial charge in [-0.15, -0.1) is 0 Å². The van der Waals surface area contributed by atoms with Crippen LogP contribution in [0.15, 0.2) is 16.6 Å². The van der Waals surface area contributed by atoms with Crippen LogP contribution in [-0.2, 0) is 9.57 Å². The lowest BCUT2D eigenvalue weighted by Gasteiger charge is -2.11. The summed E-state index contributed by atoms with van der Waals surface area (Å²) in [7, 11) is 4.57. The lowest BCUT2D eigenvalue weighted by molar-refractivity contribution is 0.00886. The van der Waals surface area contributed by atoms with Crippen LogP contribution in [0.3, 0.4) is 0 Å². The minimum absolute atomic E-state index is 0.271. The third kappa shape index (κ3) is 4.38. The first kappa shape index (κ1) is 15.7. The zero-order valence-electron chi connectivity index (χ0n) is 11.0. The largest absolute Gasteiger partial charge is 0.495 e. The van der Waals surface area contributed by atoms with Gasteiger partial charge in [0.2, 0.25) is 0 Å². The molecule has 1 aromatic carbocycles. The highest BCUT2D eigenvalue weighted by Crippen LogP contribution is 2.35. The van der Waals surface area contributed by atoms with Crippen LogP contribution in [0.5, 0.6) is 11.5 Å². The second kappa shape index (κ2) is 7.98. The minimum Gasteiger partial charge on any atom is -0.495 e. The van der Waals surface area contributed by atoms with Crippen LogP contribution in [0.4, 0.5) is 0 Å². The van der Waals surface area contributed by atoms with Gasteiger partial charge in [-0.25, -0.2) is 5.48 Å². The van der Waals surface area contributed by atoms with Crippen molar-refractivity contribution in [2.24, 2.45) is 0 Å². The third-order valence-corrected chi connectivity index (χ3v) is 3.04. The van der Waals surface area contributed by atoms with Crippen LogP contribution in [0.2, 0.25) is 0 Å². The number of amides is 1. The second-order valence-corrected chi connectivity index (χ2v) is 4.26. The average Bonchev–Trinajstić information content (AvgIpc) is 2.43. The second-order valence-electron chi connectivity index (χ2n) is 3.47. The molecule has 0 saturated carbocycles. The SMILES string of the molecule is COCCONC(=O)c1cc(OC)c(Br)c(OC)c1. The fourth-order valence-corrected chi connectivity index (χ4v) is 1.85. The molecule has 0 aromatic heterocycles. The van der Waals surface area contributed by atoms with Crippen LogP contribution in [0, 0.1) is 0 Å². The average molecular weight is 334 g/mol. The minimum atomic E-state index is -0.389. The summed E-state index contributed by atoms with van der Waals surface area (Å²) in [4.78, 5) is 16.8. The van der Waals surface area contributed by atoms with Gasteiger partial charge in [0.15, 0.2) is 0 Å². The zero-order chi connectivity index (χ0) is 14.3. The van der Waals surface area contributed by atoms with E-state index >= 15 is 0 Å². The summed E-state index contributed by atoms with van der Waals surface area (Å²) >= 11 is 3.33. The van der Waals surface area contributed by atoms with Gasteiger partial charge in [-0.1, -0.05) is 0 Å². The lowest BCUT2D eigenvalue weighted by Crippen LogP contribution is -2.25. The van der Waals surface area contributed by atoms with Gasteiger partial charge >= 0.3 is 0 Å². The smallest absolute Gasteiger partial charge is 0.275 e. The van der Waals surface area contributed by atoms with Crippen molar-refractivity contribution in [2.75, 3.05) is 34.5 Å². The van der Waals surface area contributed by atoms with Crippen molar-refractivity contribution < 1.29 is 23.8 Å². The number of halogens is 1. The van der Waals surface area contributed by atoms with Crippen molar-refractivity contribution >= 4 is 21.8 Å². The molecule has 0 aliphatic carbocycles. The number of benzene rings is 1. The maximum absolute atomic E-state index is 11.9. The molecule has 0 heterocycles. The Bertz CT molecular complexity index is 413. The van der Waals surface area contributed by atoms with E-state index in [1.807, 2.05) is 0 Å². The number of hydrogen-bond donors (Lipinski definition) is 1. The monoisotopic (exact) mass is 333 g/mol. The first-order valence-electron chi connectivity index (χ1n) is 5.46. The molecule has 1 amide bonds. The number of methoxy groups -OCH3 is 3. The molecule has 1 rings (SSSR count). The zero-order valence-corrected chi connectivity index (χ0v) is 12.6. The predicted octanol–water partition coefficient (Wildman–Crippen LogP) is 1.77. The van der Waals surface area contributed by atoms with Gasteiger partial charge in [0, 0.05) is 12.7 Å². The van der Waals surface area contributed by atoms with Crippen molar-refractivity contribution in [3.05, 3.63) is 22.2 Å². The molecule has 0 spiro atoms. The Balaban J connectivity index is 2.79. The number of hydroxylamine groups is 1. The van der Waals surface area contributed by atoms with Gasteiger partial charge < -0.3 is 14.2 Å². The number of nitrogens with one attached hydrogen (secondary N) is 1. The highest BCUT2D eigenvalue weighted by molar-refractivity contribution is 9.10. The summed E-state index contributed by atoms with van der Waals surface area (Å²) in [5, 5.41) is 0. The molecule has 1 aromatic rings. The van der Waals surface area contributed by atoms with Gasteiger partial charge in [0.25, 0.3) is 5.91 Å². The van der Waals surface area contributed by atoms with Crippen LogP contribution in [-0.4, -0.2) is 40.5 Å². The van der Waals surface area contributed by atoms with Crippen LogP contribution < -0.4 is 15.0 Å². The summed E-state index contributed by atoms with van der Waals surface area (Å²) in [5.74, 6) is 0.614. The standard InChI is InChI=1S/C12H16BrNO5/c1-16-4-5-19-14-12(15)8-6-9(17-2)11(13)10(7-8)18-3/h6-7H,4-5H2,1-3H3,(H,14,15). The Labute approximate surface area is 120 Å². The van der Waals surface area contributed by atoms with Gasteiger partial charge in [-0.2, -0.15) is 0 Å². The molecule has 0 atom stereocenters. The highest BCUT2D eigenvalue weighted by Gasteiger charge is 2.14. The Hall–Kier alpha value is -1.31. The summed E-state index contributed by atoms with van der Waals surface area (Å²) in [6.07, 6.45) is 0. The molecule has 6 nitrogen and oxygen atoms in total. The van der Waals surface area contributed by atoms with E-state index < -0.39 is 0 Å². The summed E-state index contributed by atoms with van der Waals surface area (Å²) < 4.78 is 15.8. The van der Waals surface area contributed by atoms with E-state index in [4.69, 9.17) is 19.0 Å². The Kier molecular flexibility index (Phi) is 6.61. The first-order valence-corrected chi connectivity index (χ1v) is 6.26. The normalized spacial score (nSPS) is 10.1. The molecule has 106 valence electrons. The Morgan fingerprint density at radius 1 is 1.16 bits per heavy atom. The highest BCUT2D eigenvalue weighted by atomic mass is 79.9. The van der Waals surface area contributed by atoms with Gasteiger partial charge in [-0.05, 0) is 28.1 Å². The number of rotatable bonds is 7. The molecule has 0 aliphatic rings.